The molecular weight excluding hydrogens is 376 g/mol. The largest absolute Gasteiger partial charge is 0.494 e. The van der Waals surface area contributed by atoms with Crippen molar-refractivity contribution < 1.29 is 24.2 Å². The van der Waals surface area contributed by atoms with Crippen molar-refractivity contribution in [1.29, 1.82) is 5.41 Å². The number of benzene rings is 1. The molecular formula is C20H26N4O5. The van der Waals surface area contributed by atoms with Crippen molar-refractivity contribution in [3.63, 3.8) is 0 Å². The molecule has 1 unspecified atom stereocenters. The van der Waals surface area contributed by atoms with Gasteiger partial charge in [0.1, 0.15) is 11.6 Å². The van der Waals surface area contributed by atoms with E-state index in [0.29, 0.717) is 44.0 Å². The first-order valence-electron chi connectivity index (χ1n) is 9.75. The second kappa shape index (κ2) is 8.93. The Kier molecular flexibility index (Phi) is 6.36. The van der Waals surface area contributed by atoms with Crippen LogP contribution in [0, 0.1) is 11.3 Å². The lowest BCUT2D eigenvalue weighted by atomic mass is 10.1. The molecule has 1 saturated heterocycles. The lowest BCUT2D eigenvalue weighted by Gasteiger charge is -2.38. The van der Waals surface area contributed by atoms with Crippen molar-refractivity contribution in [3.05, 3.63) is 29.8 Å². The Bertz CT molecular complexity index is 791. The maximum atomic E-state index is 12.5. The van der Waals surface area contributed by atoms with E-state index in [2.05, 4.69) is 0 Å². The van der Waals surface area contributed by atoms with Crippen LogP contribution in [0.25, 0.3) is 0 Å². The van der Waals surface area contributed by atoms with Crippen LogP contribution in [0.4, 0.5) is 0 Å². The molecule has 0 bridgehead atoms. The summed E-state index contributed by atoms with van der Waals surface area (Å²) in [6, 6.07) is 6.47. The number of nitrogens with two attached hydrogens (primary N) is 1. The van der Waals surface area contributed by atoms with Gasteiger partial charge in [-0.05, 0) is 49.4 Å². The van der Waals surface area contributed by atoms with Crippen molar-refractivity contribution in [2.75, 3.05) is 26.2 Å². The summed E-state index contributed by atoms with van der Waals surface area (Å²) in [5.41, 5.74) is 6.03. The summed E-state index contributed by atoms with van der Waals surface area (Å²) in [7, 11) is 0. The summed E-state index contributed by atoms with van der Waals surface area (Å²) in [6.45, 7) is 1.55. The molecule has 1 heterocycles. The number of rotatable bonds is 10. The van der Waals surface area contributed by atoms with E-state index in [1.807, 2.05) is 0 Å². The molecule has 2 fully saturated rings. The highest BCUT2D eigenvalue weighted by Crippen LogP contribution is 2.37. The Morgan fingerprint density at radius 1 is 1.21 bits per heavy atom. The highest BCUT2D eigenvalue weighted by atomic mass is 16.5. The second-order valence-corrected chi connectivity index (χ2v) is 7.43. The molecule has 2 amide bonds. The van der Waals surface area contributed by atoms with Gasteiger partial charge in [-0.2, -0.15) is 0 Å². The molecule has 1 aromatic rings. The number of carbonyl (C=O) groups excluding carboxylic acids is 2. The zero-order valence-electron chi connectivity index (χ0n) is 16.2. The van der Waals surface area contributed by atoms with Gasteiger partial charge in [-0.15, -0.1) is 0 Å². The molecule has 0 radical (unpaired) electrons. The standard InChI is InChI=1S/C20H26N4O5/c21-18(22)14-4-6-15(7-5-14)29-11-1-8-23-9-10-24(20(28)19(23)27)16(12-17(25)26)13-2-3-13/h4-7,13,16H,1-3,8-12H2,(H3,21,22)(H,25,26). The van der Waals surface area contributed by atoms with E-state index in [1.165, 1.54) is 9.80 Å². The van der Waals surface area contributed by atoms with Gasteiger partial charge in [-0.3, -0.25) is 19.8 Å². The Morgan fingerprint density at radius 2 is 1.90 bits per heavy atom. The van der Waals surface area contributed by atoms with E-state index in [-0.39, 0.29) is 24.2 Å². The highest BCUT2D eigenvalue weighted by molar-refractivity contribution is 6.35. The van der Waals surface area contributed by atoms with Crippen LogP contribution in [-0.4, -0.2) is 70.8 Å². The molecule has 1 aliphatic heterocycles. The first-order valence-corrected chi connectivity index (χ1v) is 9.75. The fraction of sp³-hybridized carbons (Fsp3) is 0.500. The Balaban J connectivity index is 1.45. The molecule has 156 valence electrons. The average Bonchev–Trinajstić information content (AvgIpc) is 3.52. The van der Waals surface area contributed by atoms with Crippen molar-refractivity contribution in [3.8, 4) is 5.75 Å². The summed E-state index contributed by atoms with van der Waals surface area (Å²) >= 11 is 0. The molecule has 1 aromatic carbocycles. The molecule has 2 aliphatic rings. The predicted molar refractivity (Wildman–Crippen MR) is 105 cm³/mol. The molecule has 3 rings (SSSR count). The summed E-state index contributed by atoms with van der Waals surface area (Å²) in [5.74, 6) is -1.29. The van der Waals surface area contributed by atoms with E-state index in [1.54, 1.807) is 24.3 Å². The molecule has 0 aromatic heterocycles. The topological polar surface area (TPSA) is 137 Å². The predicted octanol–water partition coefficient (Wildman–Crippen LogP) is 0.664. The molecule has 1 aliphatic carbocycles. The van der Waals surface area contributed by atoms with Crippen LogP contribution >= 0.6 is 0 Å². The number of carboxylic acids is 1. The van der Waals surface area contributed by atoms with Gasteiger partial charge in [0.05, 0.1) is 13.0 Å². The van der Waals surface area contributed by atoms with E-state index in [0.717, 1.165) is 12.8 Å². The normalized spacial score (nSPS) is 17.9. The Morgan fingerprint density at radius 3 is 2.48 bits per heavy atom. The maximum absolute atomic E-state index is 12.5. The van der Waals surface area contributed by atoms with Gasteiger partial charge in [0.15, 0.2) is 0 Å². The number of ether oxygens (including phenoxy) is 1. The molecule has 1 atom stereocenters. The number of carbonyl (C=O) groups is 3. The van der Waals surface area contributed by atoms with Gasteiger partial charge in [0.2, 0.25) is 0 Å². The minimum absolute atomic E-state index is 0.00819. The molecule has 29 heavy (non-hydrogen) atoms. The molecule has 9 heteroatoms. The lowest BCUT2D eigenvalue weighted by Crippen LogP contribution is -2.58. The molecule has 4 N–H and O–H groups in total. The van der Waals surface area contributed by atoms with Crippen LogP contribution in [-0.2, 0) is 14.4 Å². The summed E-state index contributed by atoms with van der Waals surface area (Å²) in [5, 5.41) is 16.5. The minimum Gasteiger partial charge on any atom is -0.494 e. The number of nitrogens with one attached hydrogen (secondary N) is 1. The second-order valence-electron chi connectivity index (χ2n) is 7.43. The lowest BCUT2D eigenvalue weighted by molar-refractivity contribution is -0.159. The van der Waals surface area contributed by atoms with Crippen LogP contribution in [0.15, 0.2) is 24.3 Å². The number of nitrogens with zero attached hydrogens (tertiary/aromatic N) is 2. The number of amidine groups is 1. The number of aliphatic carboxylic acids is 1. The monoisotopic (exact) mass is 402 g/mol. The quantitative estimate of drug-likeness (QED) is 0.228. The van der Waals surface area contributed by atoms with Crippen LogP contribution < -0.4 is 10.5 Å². The van der Waals surface area contributed by atoms with Gasteiger partial charge in [0, 0.05) is 31.2 Å². The number of hydrogen-bond acceptors (Lipinski definition) is 5. The Labute approximate surface area is 168 Å². The van der Waals surface area contributed by atoms with Gasteiger partial charge >= 0.3 is 17.8 Å². The van der Waals surface area contributed by atoms with Gasteiger partial charge < -0.3 is 25.4 Å². The fourth-order valence-corrected chi connectivity index (χ4v) is 3.59. The number of carboxylic acid groups (broad SMARTS) is 1. The smallest absolute Gasteiger partial charge is 0.312 e. The third kappa shape index (κ3) is 5.24. The minimum atomic E-state index is -0.946. The third-order valence-electron chi connectivity index (χ3n) is 5.30. The summed E-state index contributed by atoms with van der Waals surface area (Å²) in [6.07, 6.45) is 2.27. The number of amides is 2. The van der Waals surface area contributed by atoms with Crippen molar-refractivity contribution in [1.82, 2.24) is 9.80 Å². The number of hydrogen-bond donors (Lipinski definition) is 3. The summed E-state index contributed by atoms with van der Waals surface area (Å²) < 4.78 is 5.63. The number of piperazine rings is 1. The van der Waals surface area contributed by atoms with Crippen LogP contribution in [0.1, 0.15) is 31.2 Å². The van der Waals surface area contributed by atoms with Crippen LogP contribution in [0.2, 0.25) is 0 Å². The molecule has 1 saturated carbocycles. The SMILES string of the molecule is N=C(N)c1ccc(OCCCN2CCN(C(CC(=O)O)C3CC3)C(=O)C2=O)cc1. The zero-order valence-corrected chi connectivity index (χ0v) is 16.2. The van der Waals surface area contributed by atoms with E-state index >= 15 is 0 Å². The first kappa shape index (κ1) is 20.6. The molecule has 9 nitrogen and oxygen atoms in total. The van der Waals surface area contributed by atoms with Crippen molar-refractivity contribution >= 4 is 23.6 Å². The van der Waals surface area contributed by atoms with Gasteiger partial charge in [-0.25, -0.2) is 0 Å². The zero-order chi connectivity index (χ0) is 21.0. The van der Waals surface area contributed by atoms with Crippen molar-refractivity contribution in [2.45, 2.75) is 31.7 Å². The summed E-state index contributed by atoms with van der Waals surface area (Å²) in [4.78, 5) is 39.0. The maximum Gasteiger partial charge on any atom is 0.312 e. The average molecular weight is 402 g/mol. The molecule has 0 spiro atoms. The Hall–Kier alpha value is -3.10. The van der Waals surface area contributed by atoms with Crippen LogP contribution in [0.3, 0.4) is 0 Å². The first-order chi connectivity index (χ1) is 13.9. The van der Waals surface area contributed by atoms with Gasteiger partial charge in [0.25, 0.3) is 0 Å². The van der Waals surface area contributed by atoms with E-state index < -0.39 is 17.8 Å². The number of nitrogen functional groups attached to an aromatic ring is 1. The van der Waals surface area contributed by atoms with Crippen LogP contribution in [0.5, 0.6) is 5.75 Å². The third-order valence-corrected chi connectivity index (χ3v) is 5.30. The highest BCUT2D eigenvalue weighted by Gasteiger charge is 2.43. The van der Waals surface area contributed by atoms with Gasteiger partial charge in [-0.1, -0.05) is 0 Å². The van der Waals surface area contributed by atoms with Crippen molar-refractivity contribution in [2.24, 2.45) is 11.7 Å². The van der Waals surface area contributed by atoms with E-state index in [4.69, 9.17) is 21.0 Å². The fourth-order valence-electron chi connectivity index (χ4n) is 3.59. The van der Waals surface area contributed by atoms with E-state index in [9.17, 15) is 14.4 Å².